The summed E-state index contributed by atoms with van der Waals surface area (Å²) >= 11 is 0. The summed E-state index contributed by atoms with van der Waals surface area (Å²) in [5, 5.41) is 2.94. The van der Waals surface area contributed by atoms with Crippen LogP contribution in [-0.2, 0) is 6.18 Å². The van der Waals surface area contributed by atoms with E-state index in [9.17, 15) is 26.3 Å². The van der Waals surface area contributed by atoms with Crippen molar-refractivity contribution in [2.45, 2.75) is 18.4 Å². The summed E-state index contributed by atoms with van der Waals surface area (Å²) < 4.78 is 77.1. The second-order valence-corrected chi connectivity index (χ2v) is 4.85. The van der Waals surface area contributed by atoms with Gasteiger partial charge in [0.15, 0.2) is 0 Å². The summed E-state index contributed by atoms with van der Waals surface area (Å²) in [6.45, 7) is 1.25. The number of benzene rings is 1. The van der Waals surface area contributed by atoms with E-state index in [1.54, 1.807) is 0 Å². The molecule has 0 radical (unpaired) electrons. The second-order valence-electron chi connectivity index (χ2n) is 4.85. The van der Waals surface area contributed by atoms with Crippen LogP contribution in [0.2, 0.25) is 0 Å². The van der Waals surface area contributed by atoms with Gasteiger partial charge in [0.05, 0.1) is 5.56 Å². The maximum atomic E-state index is 13.2. The summed E-state index contributed by atoms with van der Waals surface area (Å²) in [6.07, 6.45) is -9.08. The topological polar surface area (TPSA) is 15.3 Å². The van der Waals surface area contributed by atoms with E-state index < -0.39 is 24.0 Å². The summed E-state index contributed by atoms with van der Waals surface area (Å²) in [5.41, 5.74) is -1.12. The third-order valence-corrected chi connectivity index (χ3v) is 3.38. The number of hydrogen-bond acceptors (Lipinski definition) is 2. The van der Waals surface area contributed by atoms with Crippen molar-refractivity contribution < 1.29 is 26.3 Å². The van der Waals surface area contributed by atoms with Crippen LogP contribution in [0, 0.1) is 0 Å². The van der Waals surface area contributed by atoms with Crippen LogP contribution < -0.4 is 5.32 Å². The molecule has 0 aliphatic carbocycles. The first-order chi connectivity index (χ1) is 9.69. The van der Waals surface area contributed by atoms with Gasteiger partial charge in [-0.3, -0.25) is 4.90 Å². The van der Waals surface area contributed by atoms with Crippen molar-refractivity contribution in [2.75, 3.05) is 26.2 Å². The Labute approximate surface area is 129 Å². The van der Waals surface area contributed by atoms with E-state index in [2.05, 4.69) is 5.32 Å². The first-order valence-corrected chi connectivity index (χ1v) is 6.38. The molecule has 0 saturated carbocycles. The Bertz CT molecular complexity index is 465. The molecule has 22 heavy (non-hydrogen) atoms. The maximum absolute atomic E-state index is 13.2. The van der Waals surface area contributed by atoms with Gasteiger partial charge in [0.1, 0.15) is 6.04 Å². The van der Waals surface area contributed by atoms with Crippen LogP contribution in [0.4, 0.5) is 26.3 Å². The molecule has 0 spiro atoms. The predicted octanol–water partition coefficient (Wildman–Crippen LogP) is 3.64. The summed E-state index contributed by atoms with van der Waals surface area (Å²) in [4.78, 5) is 1.24. The molecule has 0 bridgehead atoms. The zero-order valence-electron chi connectivity index (χ0n) is 11.3. The fourth-order valence-corrected chi connectivity index (χ4v) is 2.40. The molecular weight excluding hydrogens is 334 g/mol. The summed E-state index contributed by atoms with van der Waals surface area (Å²) in [7, 11) is 0. The quantitative estimate of drug-likeness (QED) is 0.821. The van der Waals surface area contributed by atoms with Gasteiger partial charge < -0.3 is 5.32 Å². The van der Waals surface area contributed by atoms with E-state index in [-0.39, 0.29) is 31.1 Å². The Morgan fingerprint density at radius 2 is 1.41 bits per heavy atom. The molecule has 1 fully saturated rings. The lowest BCUT2D eigenvalue weighted by atomic mass is 10.0. The van der Waals surface area contributed by atoms with Gasteiger partial charge in [-0.15, -0.1) is 12.4 Å². The van der Waals surface area contributed by atoms with E-state index in [0.717, 1.165) is 12.1 Å². The van der Waals surface area contributed by atoms with Gasteiger partial charge in [-0.1, -0.05) is 12.1 Å². The van der Waals surface area contributed by atoms with E-state index in [1.807, 2.05) is 0 Å². The first-order valence-electron chi connectivity index (χ1n) is 6.38. The highest BCUT2D eigenvalue weighted by molar-refractivity contribution is 5.85. The van der Waals surface area contributed by atoms with Crippen LogP contribution >= 0.6 is 12.4 Å². The maximum Gasteiger partial charge on any atom is 0.416 e. The van der Waals surface area contributed by atoms with Gasteiger partial charge in [-0.2, -0.15) is 26.3 Å². The molecule has 1 atom stereocenters. The zero-order chi connectivity index (χ0) is 15.7. The van der Waals surface area contributed by atoms with E-state index in [1.165, 1.54) is 4.90 Å². The van der Waals surface area contributed by atoms with Crippen LogP contribution in [0.5, 0.6) is 0 Å². The molecule has 2 nitrogen and oxygen atoms in total. The molecule has 9 heteroatoms. The molecule has 126 valence electrons. The largest absolute Gasteiger partial charge is 0.416 e. The van der Waals surface area contributed by atoms with Crippen molar-refractivity contribution in [1.29, 1.82) is 0 Å². The highest BCUT2D eigenvalue weighted by atomic mass is 35.5. The minimum atomic E-state index is -4.55. The SMILES string of the molecule is Cl.FC(F)(F)c1ccc([C@H](N2CCNCC2)C(F)(F)F)cc1. The van der Waals surface area contributed by atoms with Gasteiger partial charge in [0, 0.05) is 26.2 Å². The normalized spacial score (nSPS) is 18.6. The average Bonchev–Trinajstić information content (AvgIpc) is 2.38. The minimum Gasteiger partial charge on any atom is -0.314 e. The molecule has 1 aromatic rings. The van der Waals surface area contributed by atoms with Gasteiger partial charge in [0.2, 0.25) is 0 Å². The van der Waals surface area contributed by atoms with Crippen molar-refractivity contribution in [3.05, 3.63) is 35.4 Å². The van der Waals surface area contributed by atoms with Crippen LogP contribution in [0.25, 0.3) is 0 Å². The zero-order valence-corrected chi connectivity index (χ0v) is 12.2. The lowest BCUT2D eigenvalue weighted by Gasteiger charge is -2.36. The second kappa shape index (κ2) is 7.06. The molecule has 0 unspecified atom stereocenters. The van der Waals surface area contributed by atoms with E-state index in [4.69, 9.17) is 0 Å². The number of halogens is 7. The number of piperazine rings is 1. The Hall–Kier alpha value is -0.990. The molecule has 0 amide bonds. The van der Waals surface area contributed by atoms with Crippen LogP contribution in [0.3, 0.4) is 0 Å². The molecule has 1 aliphatic heterocycles. The molecular formula is C13H15ClF6N2. The Morgan fingerprint density at radius 3 is 1.82 bits per heavy atom. The van der Waals surface area contributed by atoms with Crippen molar-refractivity contribution in [2.24, 2.45) is 0 Å². The molecule has 1 aliphatic rings. The fourth-order valence-electron chi connectivity index (χ4n) is 2.40. The van der Waals surface area contributed by atoms with E-state index >= 15 is 0 Å². The predicted molar refractivity (Wildman–Crippen MR) is 71.9 cm³/mol. The highest BCUT2D eigenvalue weighted by Crippen LogP contribution is 2.39. The first kappa shape index (κ1) is 19.1. The van der Waals surface area contributed by atoms with Gasteiger partial charge in [0.25, 0.3) is 0 Å². The summed E-state index contributed by atoms with van der Waals surface area (Å²) in [6, 6.07) is 1.32. The molecule has 1 aromatic carbocycles. The third kappa shape index (κ3) is 4.50. The molecule has 1 heterocycles. The van der Waals surface area contributed by atoms with Crippen molar-refractivity contribution in [3.8, 4) is 0 Å². The monoisotopic (exact) mass is 348 g/mol. The molecule has 1 N–H and O–H groups in total. The summed E-state index contributed by atoms with van der Waals surface area (Å²) in [5.74, 6) is 0. The smallest absolute Gasteiger partial charge is 0.314 e. The number of alkyl halides is 6. The number of rotatable bonds is 2. The van der Waals surface area contributed by atoms with E-state index in [0.29, 0.717) is 25.2 Å². The fraction of sp³-hybridized carbons (Fsp3) is 0.538. The van der Waals surface area contributed by atoms with Crippen molar-refractivity contribution in [1.82, 2.24) is 10.2 Å². The van der Waals surface area contributed by atoms with Crippen molar-refractivity contribution in [3.63, 3.8) is 0 Å². The molecule has 2 rings (SSSR count). The highest BCUT2D eigenvalue weighted by Gasteiger charge is 2.45. The van der Waals surface area contributed by atoms with Crippen molar-refractivity contribution >= 4 is 12.4 Å². The van der Waals surface area contributed by atoms with Gasteiger partial charge in [-0.05, 0) is 17.7 Å². The molecule has 0 aromatic heterocycles. The standard InChI is InChI=1S/C13H14F6N2.ClH/c14-12(15,16)10-3-1-9(2-4-10)11(13(17,18)19)21-7-5-20-6-8-21;/h1-4,11,20H,5-8H2;1H/t11-;/m0./s1. The number of nitrogens with one attached hydrogen (secondary N) is 1. The number of hydrogen-bond donors (Lipinski definition) is 1. The lowest BCUT2D eigenvalue weighted by molar-refractivity contribution is -0.187. The third-order valence-electron chi connectivity index (χ3n) is 3.38. The minimum absolute atomic E-state index is 0. The lowest BCUT2D eigenvalue weighted by Crippen LogP contribution is -2.49. The van der Waals surface area contributed by atoms with Crippen LogP contribution in [0.15, 0.2) is 24.3 Å². The van der Waals surface area contributed by atoms with Crippen LogP contribution in [0.1, 0.15) is 17.2 Å². The van der Waals surface area contributed by atoms with Gasteiger partial charge >= 0.3 is 12.4 Å². The van der Waals surface area contributed by atoms with Gasteiger partial charge in [-0.25, -0.2) is 0 Å². The van der Waals surface area contributed by atoms with Crippen LogP contribution in [-0.4, -0.2) is 37.3 Å². The number of nitrogens with zero attached hydrogens (tertiary/aromatic N) is 1. The average molecular weight is 349 g/mol. The molecule has 1 saturated heterocycles. The Kier molecular flexibility index (Phi) is 6.11. The Balaban J connectivity index is 0.00000242. The Morgan fingerprint density at radius 1 is 0.909 bits per heavy atom.